The van der Waals surface area contributed by atoms with Crippen molar-refractivity contribution in [1.82, 2.24) is 19.6 Å². The highest BCUT2D eigenvalue weighted by Crippen LogP contribution is 2.27. The molecule has 0 saturated carbocycles. The molecule has 0 aliphatic carbocycles. The highest BCUT2D eigenvalue weighted by molar-refractivity contribution is 6.30. The molecule has 0 bridgehead atoms. The molecule has 2 fully saturated rings. The number of pyridine rings is 1. The Morgan fingerprint density at radius 1 is 1.30 bits per heavy atom. The largest absolute Gasteiger partial charge is 0.316 e. The van der Waals surface area contributed by atoms with Gasteiger partial charge in [-0.25, -0.2) is 4.98 Å². The van der Waals surface area contributed by atoms with Crippen molar-refractivity contribution in [3.8, 4) is 0 Å². The highest BCUT2D eigenvalue weighted by atomic mass is 35.5. The van der Waals surface area contributed by atoms with Gasteiger partial charge in [0.15, 0.2) is 0 Å². The molecule has 2 saturated heterocycles. The molecule has 2 aliphatic heterocycles. The molecule has 0 radical (unpaired) electrons. The van der Waals surface area contributed by atoms with Gasteiger partial charge in [0.1, 0.15) is 5.65 Å². The third kappa shape index (κ3) is 3.38. The average Bonchev–Trinajstić information content (AvgIpc) is 2.96. The minimum absolute atomic E-state index is 0. The SMILES string of the molecule is Cl.O=c1cc(CN2CCC3CNCC3C2)nc2ccc(Cl)cn12. The van der Waals surface area contributed by atoms with Crippen LogP contribution in [-0.4, -0.2) is 40.5 Å². The van der Waals surface area contributed by atoms with E-state index in [-0.39, 0.29) is 18.0 Å². The number of nitrogens with zero attached hydrogens (tertiary/aromatic N) is 3. The van der Waals surface area contributed by atoms with Gasteiger partial charge in [-0.05, 0) is 50.0 Å². The molecular formula is C16H20Cl2N4O. The Morgan fingerprint density at radius 3 is 3.00 bits per heavy atom. The van der Waals surface area contributed by atoms with E-state index in [0.717, 1.165) is 50.3 Å². The van der Waals surface area contributed by atoms with Crippen molar-refractivity contribution in [2.45, 2.75) is 13.0 Å². The predicted octanol–water partition coefficient (Wildman–Crippen LogP) is 1.81. The number of fused-ring (bicyclic) bond motifs is 2. The summed E-state index contributed by atoms with van der Waals surface area (Å²) in [5.41, 5.74) is 1.43. The maximum absolute atomic E-state index is 12.2. The summed E-state index contributed by atoms with van der Waals surface area (Å²) in [7, 11) is 0. The van der Waals surface area contributed by atoms with E-state index in [1.54, 1.807) is 24.4 Å². The van der Waals surface area contributed by atoms with Crippen molar-refractivity contribution in [1.29, 1.82) is 0 Å². The van der Waals surface area contributed by atoms with Crippen LogP contribution in [0.1, 0.15) is 12.1 Å². The molecule has 2 aliphatic rings. The van der Waals surface area contributed by atoms with Crippen LogP contribution >= 0.6 is 24.0 Å². The Hall–Kier alpha value is -1.14. The number of aromatic nitrogens is 2. The molecule has 7 heteroatoms. The van der Waals surface area contributed by atoms with E-state index in [4.69, 9.17) is 11.6 Å². The molecule has 4 rings (SSSR count). The quantitative estimate of drug-likeness (QED) is 0.893. The van der Waals surface area contributed by atoms with Crippen LogP contribution < -0.4 is 10.9 Å². The van der Waals surface area contributed by atoms with Crippen LogP contribution in [0.4, 0.5) is 0 Å². The number of likely N-dealkylation sites (tertiary alicyclic amines) is 1. The lowest BCUT2D eigenvalue weighted by atomic mass is 9.89. The number of hydrogen-bond donors (Lipinski definition) is 1. The zero-order valence-corrected chi connectivity index (χ0v) is 14.3. The maximum atomic E-state index is 12.2. The van der Waals surface area contributed by atoms with Gasteiger partial charge < -0.3 is 5.32 Å². The molecule has 2 unspecified atom stereocenters. The monoisotopic (exact) mass is 354 g/mol. The average molecular weight is 355 g/mol. The zero-order chi connectivity index (χ0) is 15.1. The van der Waals surface area contributed by atoms with E-state index in [0.29, 0.717) is 10.7 Å². The summed E-state index contributed by atoms with van der Waals surface area (Å²) in [5, 5.41) is 4.02. The molecule has 1 N–H and O–H groups in total. The Kier molecular flexibility index (Phi) is 4.92. The van der Waals surface area contributed by atoms with Crippen LogP contribution in [-0.2, 0) is 6.54 Å². The van der Waals surface area contributed by atoms with Crippen LogP contribution in [0.25, 0.3) is 5.65 Å². The van der Waals surface area contributed by atoms with E-state index in [2.05, 4.69) is 15.2 Å². The van der Waals surface area contributed by atoms with Gasteiger partial charge in [0, 0.05) is 25.4 Å². The second kappa shape index (κ2) is 6.77. The summed E-state index contributed by atoms with van der Waals surface area (Å²) in [4.78, 5) is 19.2. The van der Waals surface area contributed by atoms with Crippen LogP contribution in [0, 0.1) is 11.8 Å². The zero-order valence-electron chi connectivity index (χ0n) is 12.7. The standard InChI is InChI=1S/C16H19ClN4O.ClH/c17-13-1-2-15-19-14(5-16(22)21(15)9-13)10-20-4-3-11-6-18-7-12(11)8-20;/h1-2,5,9,11-12,18H,3-4,6-8,10H2;1H. The van der Waals surface area contributed by atoms with Gasteiger partial charge in [-0.2, -0.15) is 0 Å². The van der Waals surface area contributed by atoms with Crippen molar-refractivity contribution in [2.24, 2.45) is 11.8 Å². The number of nitrogens with one attached hydrogen (secondary N) is 1. The lowest BCUT2D eigenvalue weighted by Crippen LogP contribution is -2.39. The van der Waals surface area contributed by atoms with Crippen molar-refractivity contribution >= 4 is 29.7 Å². The normalized spacial score (nSPS) is 24.4. The molecule has 5 nitrogen and oxygen atoms in total. The Morgan fingerprint density at radius 2 is 2.13 bits per heavy atom. The molecule has 0 spiro atoms. The summed E-state index contributed by atoms with van der Waals surface area (Å²) in [6.45, 7) is 5.21. The van der Waals surface area contributed by atoms with Gasteiger partial charge in [0.05, 0.1) is 10.7 Å². The smallest absolute Gasteiger partial charge is 0.258 e. The van der Waals surface area contributed by atoms with Crippen molar-refractivity contribution in [3.05, 3.63) is 45.5 Å². The first-order valence-corrected chi connectivity index (χ1v) is 8.18. The van der Waals surface area contributed by atoms with Gasteiger partial charge in [-0.1, -0.05) is 11.6 Å². The summed E-state index contributed by atoms with van der Waals surface area (Å²) in [6.07, 6.45) is 2.85. The number of rotatable bonds is 2. The van der Waals surface area contributed by atoms with Gasteiger partial charge in [-0.3, -0.25) is 14.1 Å². The summed E-state index contributed by atoms with van der Waals surface area (Å²) >= 11 is 5.94. The van der Waals surface area contributed by atoms with Crippen molar-refractivity contribution < 1.29 is 0 Å². The molecule has 2 aromatic rings. The van der Waals surface area contributed by atoms with E-state index in [9.17, 15) is 4.79 Å². The van der Waals surface area contributed by atoms with E-state index in [1.165, 1.54) is 10.8 Å². The van der Waals surface area contributed by atoms with E-state index in [1.807, 2.05) is 0 Å². The fraction of sp³-hybridized carbons (Fsp3) is 0.500. The first-order chi connectivity index (χ1) is 10.7. The number of piperidine rings is 1. The maximum Gasteiger partial charge on any atom is 0.258 e. The topological polar surface area (TPSA) is 49.6 Å². The molecule has 0 amide bonds. The lowest BCUT2D eigenvalue weighted by molar-refractivity contribution is 0.141. The van der Waals surface area contributed by atoms with E-state index < -0.39 is 0 Å². The summed E-state index contributed by atoms with van der Waals surface area (Å²) < 4.78 is 1.50. The Bertz CT molecular complexity index is 763. The third-order valence-corrected chi connectivity index (χ3v) is 5.07. The minimum atomic E-state index is -0.0695. The molecular weight excluding hydrogens is 335 g/mol. The molecule has 2 atom stereocenters. The number of halogens is 2. The Labute approximate surface area is 146 Å². The molecule has 0 aromatic carbocycles. The van der Waals surface area contributed by atoms with Crippen molar-refractivity contribution in [3.63, 3.8) is 0 Å². The lowest BCUT2D eigenvalue weighted by Gasteiger charge is -2.34. The van der Waals surface area contributed by atoms with Crippen LogP contribution in [0.15, 0.2) is 29.2 Å². The highest BCUT2D eigenvalue weighted by Gasteiger charge is 2.32. The van der Waals surface area contributed by atoms with Crippen LogP contribution in [0.2, 0.25) is 5.02 Å². The first kappa shape index (κ1) is 16.7. The predicted molar refractivity (Wildman–Crippen MR) is 93.5 cm³/mol. The van der Waals surface area contributed by atoms with Crippen molar-refractivity contribution in [2.75, 3.05) is 26.2 Å². The van der Waals surface area contributed by atoms with Gasteiger partial charge in [-0.15, -0.1) is 12.4 Å². The molecule has 124 valence electrons. The summed E-state index contributed by atoms with van der Waals surface area (Å²) in [5.74, 6) is 1.57. The second-order valence-electron chi connectivity index (χ2n) is 6.36. The summed E-state index contributed by atoms with van der Waals surface area (Å²) in [6, 6.07) is 5.19. The van der Waals surface area contributed by atoms with Crippen LogP contribution in [0.5, 0.6) is 0 Å². The van der Waals surface area contributed by atoms with Crippen LogP contribution in [0.3, 0.4) is 0 Å². The third-order valence-electron chi connectivity index (χ3n) is 4.85. The number of hydrogen-bond acceptors (Lipinski definition) is 4. The fourth-order valence-electron chi connectivity index (χ4n) is 3.69. The van der Waals surface area contributed by atoms with Gasteiger partial charge in [0.25, 0.3) is 5.56 Å². The van der Waals surface area contributed by atoms with Gasteiger partial charge >= 0.3 is 0 Å². The van der Waals surface area contributed by atoms with Gasteiger partial charge in [0.2, 0.25) is 0 Å². The molecule has 4 heterocycles. The molecule has 23 heavy (non-hydrogen) atoms. The fourth-order valence-corrected chi connectivity index (χ4v) is 3.85. The first-order valence-electron chi connectivity index (χ1n) is 7.80. The minimum Gasteiger partial charge on any atom is -0.316 e. The Balaban J connectivity index is 0.00000156. The molecule has 2 aromatic heterocycles. The second-order valence-corrected chi connectivity index (χ2v) is 6.80. The van der Waals surface area contributed by atoms with E-state index >= 15 is 0 Å².